The van der Waals surface area contributed by atoms with Crippen LogP contribution in [0.3, 0.4) is 0 Å². The number of fused-ring (bicyclic) bond motifs is 1. The Hall–Kier alpha value is -3.20. The van der Waals surface area contributed by atoms with Gasteiger partial charge in [0, 0.05) is 37.5 Å². The minimum Gasteiger partial charge on any atom is -0.339 e. The van der Waals surface area contributed by atoms with Crippen molar-refractivity contribution in [2.45, 2.75) is 37.9 Å². The summed E-state index contributed by atoms with van der Waals surface area (Å²) in [5.41, 5.74) is 1.64. The molecule has 1 fully saturated rings. The van der Waals surface area contributed by atoms with Gasteiger partial charge in [0.1, 0.15) is 5.69 Å². The summed E-state index contributed by atoms with van der Waals surface area (Å²) in [5.74, 6) is -0.610. The quantitative estimate of drug-likeness (QED) is 0.486. The monoisotopic (exact) mass is 499 g/mol. The second kappa shape index (κ2) is 9.45. The van der Waals surface area contributed by atoms with E-state index in [-0.39, 0.29) is 17.4 Å². The van der Waals surface area contributed by atoms with Gasteiger partial charge >= 0.3 is 6.18 Å². The standard InChI is InChI=1S/C26H24F3N3O2S/c27-26(28,29)21-8-4-3-7-20(21)24(33)31-12-10-18(11-13-31)23-30-22(16-35-23)25(34)32-14-9-17-5-1-2-6-19(17)15-32/h1-8,16,18H,9-15H2. The van der Waals surface area contributed by atoms with Gasteiger partial charge in [-0.2, -0.15) is 13.2 Å². The van der Waals surface area contributed by atoms with Crippen LogP contribution < -0.4 is 0 Å². The van der Waals surface area contributed by atoms with E-state index in [1.54, 1.807) is 5.38 Å². The Kier molecular flexibility index (Phi) is 6.35. The van der Waals surface area contributed by atoms with E-state index in [9.17, 15) is 22.8 Å². The van der Waals surface area contributed by atoms with Crippen molar-refractivity contribution in [1.82, 2.24) is 14.8 Å². The molecule has 0 N–H and O–H groups in total. The predicted molar refractivity (Wildman–Crippen MR) is 126 cm³/mol. The van der Waals surface area contributed by atoms with Crippen molar-refractivity contribution in [3.63, 3.8) is 0 Å². The molecular formula is C26H24F3N3O2S. The lowest BCUT2D eigenvalue weighted by Gasteiger charge is -2.31. The van der Waals surface area contributed by atoms with Crippen molar-refractivity contribution in [2.75, 3.05) is 19.6 Å². The van der Waals surface area contributed by atoms with Crippen LogP contribution >= 0.6 is 11.3 Å². The second-order valence-corrected chi connectivity index (χ2v) is 9.82. The molecule has 5 rings (SSSR count). The first kappa shape index (κ1) is 23.5. The summed E-state index contributed by atoms with van der Waals surface area (Å²) in [6.45, 7) is 1.92. The first-order valence-electron chi connectivity index (χ1n) is 11.6. The number of rotatable bonds is 3. The van der Waals surface area contributed by atoms with Gasteiger partial charge in [0.05, 0.1) is 16.1 Å². The minimum atomic E-state index is -4.58. The first-order valence-corrected chi connectivity index (χ1v) is 12.5. The maximum atomic E-state index is 13.3. The third kappa shape index (κ3) is 4.82. The predicted octanol–water partition coefficient (Wildman–Crippen LogP) is 5.38. The largest absolute Gasteiger partial charge is 0.417 e. The molecule has 2 aliphatic rings. The smallest absolute Gasteiger partial charge is 0.339 e. The summed E-state index contributed by atoms with van der Waals surface area (Å²) in [6.07, 6.45) is -2.57. The molecule has 2 aromatic carbocycles. The molecule has 0 aliphatic carbocycles. The fourth-order valence-corrected chi connectivity index (χ4v) is 5.79. The highest BCUT2D eigenvalue weighted by atomic mass is 32.1. The second-order valence-electron chi connectivity index (χ2n) is 8.93. The van der Waals surface area contributed by atoms with Crippen LogP contribution in [-0.2, 0) is 19.1 Å². The van der Waals surface area contributed by atoms with E-state index in [4.69, 9.17) is 0 Å². The van der Waals surface area contributed by atoms with E-state index in [2.05, 4.69) is 11.1 Å². The van der Waals surface area contributed by atoms with Crippen LogP contribution in [0, 0.1) is 0 Å². The normalized spacial score (nSPS) is 16.8. The van der Waals surface area contributed by atoms with Crippen LogP contribution in [0.25, 0.3) is 0 Å². The molecule has 9 heteroatoms. The van der Waals surface area contributed by atoms with Gasteiger partial charge in [-0.1, -0.05) is 36.4 Å². The molecule has 0 radical (unpaired) electrons. The SMILES string of the molecule is O=C(c1csc(C2CCN(C(=O)c3ccccc3C(F)(F)F)CC2)n1)N1CCc2ccccc2C1. The van der Waals surface area contributed by atoms with Crippen LogP contribution in [0.15, 0.2) is 53.9 Å². The fourth-order valence-electron chi connectivity index (χ4n) is 4.82. The van der Waals surface area contributed by atoms with Crippen LogP contribution in [0.2, 0.25) is 0 Å². The lowest BCUT2D eigenvalue weighted by atomic mass is 9.96. The Morgan fingerprint density at radius 1 is 0.886 bits per heavy atom. The number of thiazole rings is 1. The highest BCUT2D eigenvalue weighted by Crippen LogP contribution is 2.35. The summed E-state index contributed by atoms with van der Waals surface area (Å²) in [7, 11) is 0. The molecule has 35 heavy (non-hydrogen) atoms. The molecule has 1 aromatic heterocycles. The number of carbonyl (C=O) groups is 2. The molecule has 0 bridgehead atoms. The number of nitrogens with zero attached hydrogens (tertiary/aromatic N) is 3. The van der Waals surface area contributed by atoms with Crippen molar-refractivity contribution < 1.29 is 22.8 Å². The van der Waals surface area contributed by atoms with Crippen molar-refractivity contribution in [1.29, 1.82) is 0 Å². The van der Waals surface area contributed by atoms with E-state index >= 15 is 0 Å². The van der Waals surface area contributed by atoms with Crippen LogP contribution in [0.1, 0.15) is 61.3 Å². The third-order valence-electron chi connectivity index (χ3n) is 6.75. The average molecular weight is 500 g/mol. The number of carbonyl (C=O) groups excluding carboxylic acids is 2. The third-order valence-corrected chi connectivity index (χ3v) is 7.76. The maximum Gasteiger partial charge on any atom is 0.417 e. The number of aromatic nitrogens is 1. The Bertz CT molecular complexity index is 1250. The van der Waals surface area contributed by atoms with Gasteiger partial charge < -0.3 is 9.80 Å². The number of benzene rings is 2. The van der Waals surface area contributed by atoms with E-state index in [1.165, 1.54) is 40.0 Å². The lowest BCUT2D eigenvalue weighted by molar-refractivity contribution is -0.138. The average Bonchev–Trinajstić information content (AvgIpc) is 3.37. The van der Waals surface area contributed by atoms with Gasteiger partial charge in [0.2, 0.25) is 0 Å². The maximum absolute atomic E-state index is 13.3. The Morgan fingerprint density at radius 2 is 1.57 bits per heavy atom. The van der Waals surface area contributed by atoms with E-state index in [0.717, 1.165) is 23.1 Å². The Labute approximate surface area is 205 Å². The fraction of sp³-hybridized carbons (Fsp3) is 0.346. The molecule has 5 nitrogen and oxygen atoms in total. The number of likely N-dealkylation sites (tertiary alicyclic amines) is 1. The highest BCUT2D eigenvalue weighted by molar-refractivity contribution is 7.09. The van der Waals surface area contributed by atoms with Crippen molar-refractivity contribution >= 4 is 23.2 Å². The summed E-state index contributed by atoms with van der Waals surface area (Å²) in [5, 5.41) is 2.63. The van der Waals surface area contributed by atoms with Crippen molar-refractivity contribution in [3.8, 4) is 0 Å². The van der Waals surface area contributed by atoms with Gasteiger partial charge in [-0.25, -0.2) is 4.98 Å². The van der Waals surface area contributed by atoms with Crippen molar-refractivity contribution in [3.05, 3.63) is 86.9 Å². The van der Waals surface area contributed by atoms with Gasteiger partial charge in [0.15, 0.2) is 0 Å². The summed E-state index contributed by atoms with van der Waals surface area (Å²) in [4.78, 5) is 33.8. The van der Waals surface area contributed by atoms with E-state index in [0.29, 0.717) is 44.7 Å². The molecule has 2 amide bonds. The van der Waals surface area contributed by atoms with Gasteiger partial charge in [-0.3, -0.25) is 9.59 Å². The topological polar surface area (TPSA) is 53.5 Å². The first-order chi connectivity index (χ1) is 16.8. The van der Waals surface area contributed by atoms with Crippen LogP contribution in [-0.4, -0.2) is 46.2 Å². The summed E-state index contributed by atoms with van der Waals surface area (Å²) < 4.78 is 40.0. The molecule has 1 saturated heterocycles. The molecule has 0 spiro atoms. The zero-order valence-corrected chi connectivity index (χ0v) is 19.7. The van der Waals surface area contributed by atoms with Crippen molar-refractivity contribution in [2.24, 2.45) is 0 Å². The number of halogens is 3. The van der Waals surface area contributed by atoms with E-state index < -0.39 is 17.6 Å². The van der Waals surface area contributed by atoms with Gasteiger partial charge in [-0.05, 0) is 42.5 Å². The highest BCUT2D eigenvalue weighted by Gasteiger charge is 2.37. The minimum absolute atomic E-state index is 0.0746. The molecule has 0 saturated carbocycles. The Balaban J connectivity index is 1.22. The summed E-state index contributed by atoms with van der Waals surface area (Å²) >= 11 is 1.44. The number of hydrogen-bond acceptors (Lipinski definition) is 4. The van der Waals surface area contributed by atoms with Gasteiger partial charge in [0.25, 0.3) is 11.8 Å². The summed E-state index contributed by atoms with van der Waals surface area (Å²) in [6, 6.07) is 13.0. The van der Waals surface area contributed by atoms with Gasteiger partial charge in [-0.15, -0.1) is 11.3 Å². The molecule has 3 heterocycles. The number of amides is 2. The molecule has 0 atom stereocenters. The van der Waals surface area contributed by atoms with Crippen LogP contribution in [0.5, 0.6) is 0 Å². The molecule has 0 unspecified atom stereocenters. The number of hydrogen-bond donors (Lipinski definition) is 0. The van der Waals surface area contributed by atoms with Crippen LogP contribution in [0.4, 0.5) is 13.2 Å². The molecule has 2 aliphatic heterocycles. The molecular weight excluding hydrogens is 475 g/mol. The zero-order valence-electron chi connectivity index (χ0n) is 18.9. The van der Waals surface area contributed by atoms with E-state index in [1.807, 2.05) is 23.1 Å². The zero-order chi connectivity index (χ0) is 24.6. The lowest BCUT2D eigenvalue weighted by Crippen LogP contribution is -2.38. The molecule has 182 valence electrons. The number of alkyl halides is 3. The number of piperidine rings is 1. The Morgan fingerprint density at radius 3 is 2.31 bits per heavy atom. The molecule has 3 aromatic rings.